The third-order valence-electron chi connectivity index (χ3n) is 5.87. The van der Waals surface area contributed by atoms with Crippen LogP contribution < -0.4 is 0 Å². The van der Waals surface area contributed by atoms with Crippen molar-refractivity contribution in [2.45, 2.75) is 31.6 Å². The first-order chi connectivity index (χ1) is 13.6. The highest BCUT2D eigenvalue weighted by Gasteiger charge is 2.28. The van der Waals surface area contributed by atoms with Crippen LogP contribution in [0.2, 0.25) is 0 Å². The molecule has 2 aromatic rings. The van der Waals surface area contributed by atoms with E-state index >= 15 is 0 Å². The number of carbonyl (C=O) groups excluding carboxylic acids is 2. The Bertz CT molecular complexity index is 856. The van der Waals surface area contributed by atoms with Gasteiger partial charge >= 0.3 is 0 Å². The fourth-order valence-corrected chi connectivity index (χ4v) is 4.32. The predicted octanol–water partition coefficient (Wildman–Crippen LogP) is 1.92. The number of imidazole rings is 1. The van der Waals surface area contributed by atoms with Crippen molar-refractivity contribution in [2.75, 3.05) is 39.4 Å². The number of ether oxygens (including phenoxy) is 1. The summed E-state index contributed by atoms with van der Waals surface area (Å²) >= 11 is 0. The van der Waals surface area contributed by atoms with Crippen molar-refractivity contribution in [2.24, 2.45) is 7.05 Å². The number of fused-ring (bicyclic) bond motifs is 1. The molecule has 2 amide bonds. The molecule has 7 heteroatoms. The van der Waals surface area contributed by atoms with E-state index in [1.165, 1.54) is 0 Å². The fourth-order valence-electron chi connectivity index (χ4n) is 4.32. The Morgan fingerprint density at radius 2 is 1.71 bits per heavy atom. The maximum Gasteiger partial charge on any atom is 0.248 e. The van der Waals surface area contributed by atoms with Crippen LogP contribution in [0.4, 0.5) is 0 Å². The van der Waals surface area contributed by atoms with Crippen molar-refractivity contribution in [1.29, 1.82) is 0 Å². The highest BCUT2D eigenvalue weighted by molar-refractivity contribution is 5.80. The molecule has 0 saturated carbocycles. The predicted molar refractivity (Wildman–Crippen MR) is 106 cm³/mol. The summed E-state index contributed by atoms with van der Waals surface area (Å²) in [4.78, 5) is 33.1. The first kappa shape index (κ1) is 18.9. The van der Waals surface area contributed by atoms with E-state index in [9.17, 15) is 9.59 Å². The standard InChI is InChI=1S/C21H28N4O3/c1-23-18-9-3-2-8-17(18)22-21(23)16-7-6-12-25(13-16)20(27)15-28-14-19(26)24-10-4-5-11-24/h2-3,8-9,16H,4-7,10-15H2,1H3. The molecule has 2 fully saturated rings. The largest absolute Gasteiger partial charge is 0.362 e. The summed E-state index contributed by atoms with van der Waals surface area (Å²) in [5.41, 5.74) is 2.11. The molecule has 1 aromatic carbocycles. The van der Waals surface area contributed by atoms with Crippen molar-refractivity contribution < 1.29 is 14.3 Å². The number of aromatic nitrogens is 2. The van der Waals surface area contributed by atoms with Gasteiger partial charge in [0, 0.05) is 39.1 Å². The molecule has 0 bridgehead atoms. The summed E-state index contributed by atoms with van der Waals surface area (Å²) in [6.45, 7) is 2.97. The first-order valence-electron chi connectivity index (χ1n) is 10.2. The molecule has 150 valence electrons. The molecule has 2 saturated heterocycles. The fraction of sp³-hybridized carbons (Fsp3) is 0.571. The Morgan fingerprint density at radius 3 is 2.46 bits per heavy atom. The molecule has 28 heavy (non-hydrogen) atoms. The summed E-state index contributed by atoms with van der Waals surface area (Å²) in [7, 11) is 2.04. The van der Waals surface area contributed by atoms with Crippen molar-refractivity contribution in [3.8, 4) is 0 Å². The number of piperidine rings is 1. The average molecular weight is 384 g/mol. The second-order valence-electron chi connectivity index (χ2n) is 7.78. The van der Waals surface area contributed by atoms with E-state index in [2.05, 4.69) is 10.6 Å². The third-order valence-corrected chi connectivity index (χ3v) is 5.87. The van der Waals surface area contributed by atoms with Crippen LogP contribution in [0.3, 0.4) is 0 Å². The van der Waals surface area contributed by atoms with Gasteiger partial charge in [-0.3, -0.25) is 9.59 Å². The van der Waals surface area contributed by atoms with E-state index in [-0.39, 0.29) is 30.9 Å². The topological polar surface area (TPSA) is 67.7 Å². The van der Waals surface area contributed by atoms with Crippen LogP contribution in [0.15, 0.2) is 24.3 Å². The number of benzene rings is 1. The van der Waals surface area contributed by atoms with Gasteiger partial charge in [0.05, 0.1) is 11.0 Å². The average Bonchev–Trinajstić information content (AvgIpc) is 3.37. The number of rotatable bonds is 5. The molecular weight excluding hydrogens is 356 g/mol. The Morgan fingerprint density at radius 1 is 1.04 bits per heavy atom. The molecule has 1 atom stereocenters. The Hall–Kier alpha value is -2.41. The van der Waals surface area contributed by atoms with Crippen molar-refractivity contribution in [1.82, 2.24) is 19.4 Å². The molecule has 0 N–H and O–H groups in total. The van der Waals surface area contributed by atoms with Gasteiger partial charge in [0.1, 0.15) is 19.0 Å². The van der Waals surface area contributed by atoms with Crippen LogP contribution >= 0.6 is 0 Å². The minimum Gasteiger partial charge on any atom is -0.362 e. The van der Waals surface area contributed by atoms with E-state index < -0.39 is 0 Å². The number of carbonyl (C=O) groups is 2. The third kappa shape index (κ3) is 3.90. The number of nitrogens with zero attached hydrogens (tertiary/aromatic N) is 4. The lowest BCUT2D eigenvalue weighted by atomic mass is 9.97. The summed E-state index contributed by atoms with van der Waals surface area (Å²) in [6, 6.07) is 8.11. The van der Waals surface area contributed by atoms with Gasteiger partial charge in [-0.25, -0.2) is 4.98 Å². The van der Waals surface area contributed by atoms with E-state index in [0.29, 0.717) is 6.54 Å². The van der Waals surface area contributed by atoms with Crippen LogP contribution in [0.25, 0.3) is 11.0 Å². The maximum atomic E-state index is 12.6. The lowest BCUT2D eigenvalue weighted by Crippen LogP contribution is -2.42. The Balaban J connectivity index is 1.33. The molecule has 0 spiro atoms. The van der Waals surface area contributed by atoms with Crippen LogP contribution in [-0.4, -0.2) is 70.6 Å². The molecule has 0 radical (unpaired) electrons. The quantitative estimate of drug-likeness (QED) is 0.790. The maximum absolute atomic E-state index is 12.6. The summed E-state index contributed by atoms with van der Waals surface area (Å²) < 4.78 is 7.57. The van der Waals surface area contributed by atoms with E-state index in [1.54, 1.807) is 0 Å². The van der Waals surface area contributed by atoms with Gasteiger partial charge in [-0.15, -0.1) is 0 Å². The van der Waals surface area contributed by atoms with Gasteiger partial charge in [-0.1, -0.05) is 12.1 Å². The highest BCUT2D eigenvalue weighted by Crippen LogP contribution is 2.28. The smallest absolute Gasteiger partial charge is 0.248 e. The monoisotopic (exact) mass is 384 g/mol. The zero-order chi connectivity index (χ0) is 19.5. The Kier molecular flexibility index (Phi) is 5.62. The number of aryl methyl sites for hydroxylation is 1. The number of hydrogen-bond donors (Lipinski definition) is 0. The van der Waals surface area contributed by atoms with Gasteiger partial charge in [0.2, 0.25) is 11.8 Å². The molecule has 0 aliphatic carbocycles. The summed E-state index contributed by atoms with van der Waals surface area (Å²) in [5.74, 6) is 1.20. The molecule has 1 unspecified atom stereocenters. The van der Waals surface area contributed by atoms with Crippen molar-refractivity contribution in [3.05, 3.63) is 30.1 Å². The summed E-state index contributed by atoms with van der Waals surface area (Å²) in [5, 5.41) is 0. The van der Waals surface area contributed by atoms with Crippen molar-refractivity contribution in [3.63, 3.8) is 0 Å². The second-order valence-corrected chi connectivity index (χ2v) is 7.78. The van der Waals surface area contributed by atoms with Crippen LogP contribution in [0, 0.1) is 0 Å². The number of amides is 2. The summed E-state index contributed by atoms with van der Waals surface area (Å²) in [6.07, 6.45) is 4.09. The molecule has 2 aliphatic heterocycles. The lowest BCUT2D eigenvalue weighted by Gasteiger charge is -2.32. The Labute approximate surface area is 165 Å². The van der Waals surface area contributed by atoms with Crippen LogP contribution in [-0.2, 0) is 21.4 Å². The lowest BCUT2D eigenvalue weighted by molar-refractivity contribution is -0.142. The normalized spacial score (nSPS) is 20.1. The molecule has 2 aliphatic rings. The number of hydrogen-bond acceptors (Lipinski definition) is 4. The van der Waals surface area contributed by atoms with Crippen LogP contribution in [0.1, 0.15) is 37.4 Å². The number of likely N-dealkylation sites (tertiary alicyclic amines) is 2. The minimum absolute atomic E-state index is 0.00619. The van der Waals surface area contributed by atoms with Gasteiger partial charge in [0.15, 0.2) is 0 Å². The first-order valence-corrected chi connectivity index (χ1v) is 10.2. The van der Waals surface area contributed by atoms with Crippen LogP contribution in [0.5, 0.6) is 0 Å². The number of para-hydroxylation sites is 2. The second kappa shape index (κ2) is 8.31. The minimum atomic E-state index is -0.0438. The van der Waals surface area contributed by atoms with E-state index in [1.807, 2.05) is 35.0 Å². The van der Waals surface area contributed by atoms with Crippen molar-refractivity contribution >= 4 is 22.8 Å². The van der Waals surface area contributed by atoms with Gasteiger partial charge in [-0.2, -0.15) is 0 Å². The van der Waals surface area contributed by atoms with Gasteiger partial charge < -0.3 is 19.1 Å². The van der Waals surface area contributed by atoms with Gasteiger partial charge in [0.25, 0.3) is 0 Å². The molecule has 4 rings (SSSR count). The SMILES string of the molecule is Cn1c(C2CCCN(C(=O)COCC(=O)N3CCCC3)C2)nc2ccccc21. The highest BCUT2D eigenvalue weighted by atomic mass is 16.5. The molecular formula is C21H28N4O3. The zero-order valence-electron chi connectivity index (χ0n) is 16.5. The van der Waals surface area contributed by atoms with Gasteiger partial charge in [-0.05, 0) is 37.8 Å². The van der Waals surface area contributed by atoms with E-state index in [0.717, 1.165) is 62.2 Å². The van der Waals surface area contributed by atoms with E-state index in [4.69, 9.17) is 9.72 Å². The molecule has 7 nitrogen and oxygen atoms in total. The zero-order valence-corrected chi connectivity index (χ0v) is 16.5. The molecule has 1 aromatic heterocycles. The molecule has 3 heterocycles.